The lowest BCUT2D eigenvalue weighted by atomic mass is 10.2. The predicted octanol–water partition coefficient (Wildman–Crippen LogP) is 2.21. The highest BCUT2D eigenvalue weighted by molar-refractivity contribution is 9.10. The molecule has 0 bridgehead atoms. The summed E-state index contributed by atoms with van der Waals surface area (Å²) in [6.07, 6.45) is 1.24. The van der Waals surface area contributed by atoms with E-state index >= 15 is 0 Å². The molecule has 0 aliphatic heterocycles. The zero-order chi connectivity index (χ0) is 8.27. The second-order valence-electron chi connectivity index (χ2n) is 1.91. The van der Waals surface area contributed by atoms with Crippen LogP contribution in [0.1, 0.15) is 10.5 Å². The van der Waals surface area contributed by atoms with Crippen LogP contribution >= 0.6 is 15.9 Å². The van der Waals surface area contributed by atoms with Gasteiger partial charge in [0.15, 0.2) is 0 Å². The first-order valence-corrected chi connectivity index (χ1v) is 3.82. The highest BCUT2D eigenvalue weighted by Gasteiger charge is 2.01. The number of rotatable bonds is 2. The Morgan fingerprint density at radius 1 is 1.64 bits per heavy atom. The molecule has 0 unspecified atom stereocenters. The number of allylic oxidation sites excluding steroid dienone is 1. The maximum absolute atomic E-state index is 11.0. The molecule has 0 aliphatic rings. The van der Waals surface area contributed by atoms with Gasteiger partial charge in [0, 0.05) is 0 Å². The molecule has 0 aliphatic carbocycles. The van der Waals surface area contributed by atoms with Crippen LogP contribution in [0.4, 0.5) is 0 Å². The quantitative estimate of drug-likeness (QED) is 0.427. The molecule has 0 saturated heterocycles. The fourth-order valence-electron chi connectivity index (χ4n) is 0.650. The molecule has 1 aromatic heterocycles. The molecule has 1 heterocycles. The first-order chi connectivity index (χ1) is 5.24. The van der Waals surface area contributed by atoms with E-state index in [4.69, 9.17) is 0 Å². The minimum Gasteiger partial charge on any atom is -0.288 e. The average Bonchev–Trinajstić information content (AvgIpc) is 2.03. The van der Waals surface area contributed by atoms with Gasteiger partial charge in [-0.05, 0) is 34.1 Å². The van der Waals surface area contributed by atoms with Crippen LogP contribution in [-0.4, -0.2) is 10.8 Å². The molecule has 1 rings (SSSR count). The SMILES string of the molecule is C=CC(=O)c1cccc(Br)n1. The van der Waals surface area contributed by atoms with Crippen LogP contribution in [0, 0.1) is 0 Å². The van der Waals surface area contributed by atoms with Crippen molar-refractivity contribution in [1.29, 1.82) is 0 Å². The zero-order valence-corrected chi connectivity index (χ0v) is 7.34. The van der Waals surface area contributed by atoms with Gasteiger partial charge in [0.05, 0.1) is 0 Å². The first kappa shape index (κ1) is 8.14. The Morgan fingerprint density at radius 2 is 2.36 bits per heavy atom. The third-order valence-corrected chi connectivity index (χ3v) is 1.59. The number of halogens is 1. The van der Waals surface area contributed by atoms with E-state index in [1.165, 1.54) is 6.08 Å². The van der Waals surface area contributed by atoms with Crippen LogP contribution in [0.3, 0.4) is 0 Å². The summed E-state index contributed by atoms with van der Waals surface area (Å²) in [6.45, 7) is 3.36. The lowest BCUT2D eigenvalue weighted by Gasteiger charge is -1.93. The van der Waals surface area contributed by atoms with Gasteiger partial charge in [-0.15, -0.1) is 0 Å². The Bertz CT molecular complexity index is 296. The molecular formula is C8H6BrNO. The van der Waals surface area contributed by atoms with E-state index in [0.717, 1.165) is 0 Å². The topological polar surface area (TPSA) is 30.0 Å². The summed E-state index contributed by atoms with van der Waals surface area (Å²) in [5.41, 5.74) is 0.411. The normalized spacial score (nSPS) is 9.18. The summed E-state index contributed by atoms with van der Waals surface area (Å²) in [5.74, 6) is -0.161. The van der Waals surface area contributed by atoms with E-state index in [2.05, 4.69) is 27.5 Å². The van der Waals surface area contributed by atoms with E-state index in [1.54, 1.807) is 18.2 Å². The molecule has 11 heavy (non-hydrogen) atoms. The maximum Gasteiger partial charge on any atom is 0.203 e. The zero-order valence-electron chi connectivity index (χ0n) is 5.75. The maximum atomic E-state index is 11.0. The minimum atomic E-state index is -0.161. The summed E-state index contributed by atoms with van der Waals surface area (Å²) in [6, 6.07) is 5.17. The number of carbonyl (C=O) groups excluding carboxylic acids is 1. The van der Waals surface area contributed by atoms with Crippen molar-refractivity contribution in [3.05, 3.63) is 41.2 Å². The molecule has 0 atom stereocenters. The third-order valence-electron chi connectivity index (χ3n) is 1.15. The van der Waals surface area contributed by atoms with Gasteiger partial charge in [-0.25, -0.2) is 4.98 Å². The van der Waals surface area contributed by atoms with Crippen LogP contribution < -0.4 is 0 Å². The number of aromatic nitrogens is 1. The van der Waals surface area contributed by atoms with Crippen LogP contribution in [-0.2, 0) is 0 Å². The van der Waals surface area contributed by atoms with Gasteiger partial charge >= 0.3 is 0 Å². The summed E-state index contributed by atoms with van der Waals surface area (Å²) in [4.78, 5) is 14.9. The van der Waals surface area contributed by atoms with E-state index in [0.29, 0.717) is 10.3 Å². The number of pyridine rings is 1. The minimum absolute atomic E-state index is 0.161. The fourth-order valence-corrected chi connectivity index (χ4v) is 0.994. The molecular weight excluding hydrogens is 206 g/mol. The predicted molar refractivity (Wildman–Crippen MR) is 46.5 cm³/mol. The second kappa shape index (κ2) is 3.44. The Kier molecular flexibility index (Phi) is 2.54. The van der Waals surface area contributed by atoms with Crippen molar-refractivity contribution in [3.8, 4) is 0 Å². The monoisotopic (exact) mass is 211 g/mol. The number of hydrogen-bond donors (Lipinski definition) is 0. The van der Waals surface area contributed by atoms with Crippen molar-refractivity contribution in [3.63, 3.8) is 0 Å². The highest BCUT2D eigenvalue weighted by Crippen LogP contribution is 2.06. The molecule has 2 nitrogen and oxygen atoms in total. The number of carbonyl (C=O) groups is 1. The smallest absolute Gasteiger partial charge is 0.203 e. The van der Waals surface area contributed by atoms with Gasteiger partial charge < -0.3 is 0 Å². The van der Waals surface area contributed by atoms with Crippen molar-refractivity contribution in [2.45, 2.75) is 0 Å². The van der Waals surface area contributed by atoms with Gasteiger partial charge in [0.2, 0.25) is 5.78 Å². The van der Waals surface area contributed by atoms with E-state index in [9.17, 15) is 4.79 Å². The van der Waals surface area contributed by atoms with Crippen molar-refractivity contribution >= 4 is 21.7 Å². The molecule has 0 saturated carbocycles. The number of nitrogens with zero attached hydrogens (tertiary/aromatic N) is 1. The molecule has 0 N–H and O–H groups in total. The van der Waals surface area contributed by atoms with Crippen molar-refractivity contribution in [2.24, 2.45) is 0 Å². The fraction of sp³-hybridized carbons (Fsp3) is 0. The molecule has 0 aromatic carbocycles. The molecule has 56 valence electrons. The molecule has 1 aromatic rings. The van der Waals surface area contributed by atoms with E-state index in [-0.39, 0.29) is 5.78 Å². The Hall–Kier alpha value is -0.960. The second-order valence-corrected chi connectivity index (χ2v) is 2.73. The molecule has 0 radical (unpaired) electrons. The summed E-state index contributed by atoms with van der Waals surface area (Å²) in [5, 5.41) is 0. The molecule has 0 spiro atoms. The van der Waals surface area contributed by atoms with Crippen molar-refractivity contribution in [1.82, 2.24) is 4.98 Å². The lowest BCUT2D eigenvalue weighted by Crippen LogP contribution is -1.96. The van der Waals surface area contributed by atoms with Gasteiger partial charge in [0.25, 0.3) is 0 Å². The molecule has 0 amide bonds. The van der Waals surface area contributed by atoms with Crippen molar-refractivity contribution < 1.29 is 4.79 Å². The summed E-state index contributed by atoms with van der Waals surface area (Å²) in [7, 11) is 0. The van der Waals surface area contributed by atoms with Gasteiger partial charge in [-0.2, -0.15) is 0 Å². The average molecular weight is 212 g/mol. The largest absolute Gasteiger partial charge is 0.288 e. The third kappa shape index (κ3) is 1.98. The highest BCUT2D eigenvalue weighted by atomic mass is 79.9. The van der Waals surface area contributed by atoms with Crippen LogP contribution in [0.5, 0.6) is 0 Å². The van der Waals surface area contributed by atoms with Crippen LogP contribution in [0.25, 0.3) is 0 Å². The Labute approximate surface area is 73.1 Å². The lowest BCUT2D eigenvalue weighted by molar-refractivity contribution is 0.104. The molecule has 0 fully saturated rings. The van der Waals surface area contributed by atoms with Gasteiger partial charge in [-0.3, -0.25) is 4.79 Å². The Balaban J connectivity index is 3.05. The number of ketones is 1. The van der Waals surface area contributed by atoms with Gasteiger partial charge in [0.1, 0.15) is 10.3 Å². The van der Waals surface area contributed by atoms with Crippen LogP contribution in [0.15, 0.2) is 35.5 Å². The summed E-state index contributed by atoms with van der Waals surface area (Å²) >= 11 is 3.16. The van der Waals surface area contributed by atoms with Crippen molar-refractivity contribution in [2.75, 3.05) is 0 Å². The standard InChI is InChI=1S/C8H6BrNO/c1-2-7(11)6-4-3-5-8(9)10-6/h2-5H,1H2. The van der Waals surface area contributed by atoms with Gasteiger partial charge in [-0.1, -0.05) is 12.6 Å². The molecule has 3 heteroatoms. The Morgan fingerprint density at radius 3 is 2.91 bits per heavy atom. The van der Waals surface area contributed by atoms with E-state index < -0.39 is 0 Å². The van der Waals surface area contributed by atoms with E-state index in [1.807, 2.05) is 0 Å². The van der Waals surface area contributed by atoms with Crippen LogP contribution in [0.2, 0.25) is 0 Å². The number of hydrogen-bond acceptors (Lipinski definition) is 2. The summed E-state index contributed by atoms with van der Waals surface area (Å²) < 4.78 is 0.658. The first-order valence-electron chi connectivity index (χ1n) is 3.03.